The summed E-state index contributed by atoms with van der Waals surface area (Å²) in [5, 5.41) is 14.2. The monoisotopic (exact) mass is 260 g/mol. The highest BCUT2D eigenvalue weighted by atomic mass is 32.2. The Balaban J connectivity index is 2.33. The van der Waals surface area contributed by atoms with Gasteiger partial charge >= 0.3 is 12.0 Å². The highest BCUT2D eigenvalue weighted by molar-refractivity contribution is 7.99. The van der Waals surface area contributed by atoms with Crippen LogP contribution in [0.4, 0.5) is 4.79 Å². The van der Waals surface area contributed by atoms with Gasteiger partial charge in [-0.05, 0) is 25.0 Å². The van der Waals surface area contributed by atoms with Crippen molar-refractivity contribution in [2.24, 2.45) is 0 Å². The molecule has 0 aliphatic carbocycles. The number of carboxylic acid groups (broad SMARTS) is 1. The van der Waals surface area contributed by atoms with Crippen molar-refractivity contribution in [3.63, 3.8) is 0 Å². The lowest BCUT2D eigenvalue weighted by Gasteiger charge is -2.23. The molecular weight excluding hydrogens is 240 g/mol. The molecule has 98 valence electrons. The lowest BCUT2D eigenvalue weighted by atomic mass is 10.1. The summed E-state index contributed by atoms with van der Waals surface area (Å²) in [5.41, 5.74) is 0. The maximum absolute atomic E-state index is 11.6. The van der Waals surface area contributed by atoms with E-state index in [0.717, 1.165) is 30.8 Å². The minimum Gasteiger partial charge on any atom is -0.480 e. The first kappa shape index (κ1) is 14.2. The fraction of sp³-hybridized carbons (Fsp3) is 0.818. The normalized spacial score (nSPS) is 21.6. The minimum absolute atomic E-state index is 0.171. The van der Waals surface area contributed by atoms with E-state index in [-0.39, 0.29) is 12.1 Å². The Hall–Kier alpha value is -0.910. The molecular formula is C11H20N2O3S. The summed E-state index contributed by atoms with van der Waals surface area (Å²) in [5.74, 6) is 1.09. The summed E-state index contributed by atoms with van der Waals surface area (Å²) in [7, 11) is 0. The number of carbonyl (C=O) groups is 2. The second kappa shape index (κ2) is 7.42. The van der Waals surface area contributed by atoms with Crippen LogP contribution in [0.5, 0.6) is 0 Å². The smallest absolute Gasteiger partial charge is 0.326 e. The molecule has 5 nitrogen and oxygen atoms in total. The lowest BCUT2D eigenvalue weighted by molar-refractivity contribution is -0.139. The second-order valence-electron chi connectivity index (χ2n) is 4.21. The van der Waals surface area contributed by atoms with Crippen LogP contribution in [-0.4, -0.2) is 40.7 Å². The summed E-state index contributed by atoms with van der Waals surface area (Å²) in [6.45, 7) is 1.90. The molecule has 0 saturated carbocycles. The third-order valence-corrected chi connectivity index (χ3v) is 3.89. The third kappa shape index (κ3) is 5.30. The van der Waals surface area contributed by atoms with Gasteiger partial charge in [0.15, 0.2) is 0 Å². The molecule has 1 aliphatic rings. The van der Waals surface area contributed by atoms with Crippen LogP contribution in [0.25, 0.3) is 0 Å². The molecule has 0 aromatic carbocycles. The van der Waals surface area contributed by atoms with Gasteiger partial charge in [0.05, 0.1) is 0 Å². The van der Waals surface area contributed by atoms with Crippen LogP contribution in [0.3, 0.4) is 0 Å². The van der Waals surface area contributed by atoms with Crippen LogP contribution in [0, 0.1) is 0 Å². The van der Waals surface area contributed by atoms with Gasteiger partial charge in [-0.15, -0.1) is 0 Å². The summed E-state index contributed by atoms with van der Waals surface area (Å²) in [6.07, 6.45) is 3.28. The Labute approximate surface area is 106 Å². The summed E-state index contributed by atoms with van der Waals surface area (Å²) in [6, 6.07) is -0.973. The van der Waals surface area contributed by atoms with E-state index in [2.05, 4.69) is 10.6 Å². The molecule has 0 bridgehead atoms. The van der Waals surface area contributed by atoms with Crippen LogP contribution in [-0.2, 0) is 4.79 Å². The maximum Gasteiger partial charge on any atom is 0.326 e. The molecule has 1 rings (SSSR count). The number of hydrogen-bond donors (Lipinski definition) is 3. The zero-order valence-corrected chi connectivity index (χ0v) is 10.9. The van der Waals surface area contributed by atoms with Crippen LogP contribution in [0.2, 0.25) is 0 Å². The van der Waals surface area contributed by atoms with Crippen molar-refractivity contribution in [3.05, 3.63) is 0 Å². The van der Waals surface area contributed by atoms with Gasteiger partial charge in [0.2, 0.25) is 0 Å². The third-order valence-electron chi connectivity index (χ3n) is 2.68. The van der Waals surface area contributed by atoms with Gasteiger partial charge in [0.1, 0.15) is 6.04 Å². The molecule has 6 heteroatoms. The molecule has 0 aromatic rings. The molecule has 3 N–H and O–H groups in total. The summed E-state index contributed by atoms with van der Waals surface area (Å²) >= 11 is 1.82. The first-order chi connectivity index (χ1) is 8.13. The van der Waals surface area contributed by atoms with E-state index in [1.165, 1.54) is 0 Å². The first-order valence-corrected chi connectivity index (χ1v) is 7.16. The van der Waals surface area contributed by atoms with Crippen LogP contribution in [0.15, 0.2) is 0 Å². The van der Waals surface area contributed by atoms with Gasteiger partial charge in [-0.25, -0.2) is 9.59 Å². The van der Waals surface area contributed by atoms with E-state index in [1.54, 1.807) is 0 Å². The number of hydrogen-bond acceptors (Lipinski definition) is 3. The molecule has 2 atom stereocenters. The Morgan fingerprint density at radius 1 is 1.53 bits per heavy atom. The average molecular weight is 260 g/mol. The Bertz CT molecular complexity index is 267. The number of urea groups is 1. The Morgan fingerprint density at radius 2 is 2.29 bits per heavy atom. The number of aliphatic carboxylic acids is 1. The standard InChI is InChI=1S/C11H20N2O3S/c1-2-4-9(10(14)15)13-11(16)12-8-5-3-6-17-7-8/h8-9H,2-7H2,1H3,(H,14,15)(H2,12,13,16)/t8?,9-/m1/s1. The first-order valence-electron chi connectivity index (χ1n) is 6.01. The molecule has 1 unspecified atom stereocenters. The molecule has 1 heterocycles. The minimum atomic E-state index is -0.972. The van der Waals surface area contributed by atoms with E-state index in [1.807, 2.05) is 18.7 Å². The van der Waals surface area contributed by atoms with Crippen molar-refractivity contribution in [1.82, 2.24) is 10.6 Å². The summed E-state index contributed by atoms with van der Waals surface area (Å²) < 4.78 is 0. The molecule has 0 radical (unpaired) electrons. The van der Waals surface area contributed by atoms with E-state index < -0.39 is 12.0 Å². The number of carboxylic acids is 1. The van der Waals surface area contributed by atoms with Crippen molar-refractivity contribution in [1.29, 1.82) is 0 Å². The van der Waals surface area contributed by atoms with Gasteiger partial charge in [-0.2, -0.15) is 11.8 Å². The molecule has 2 amide bonds. The fourth-order valence-electron chi connectivity index (χ4n) is 1.79. The zero-order valence-electron chi connectivity index (χ0n) is 10.1. The Morgan fingerprint density at radius 3 is 2.82 bits per heavy atom. The van der Waals surface area contributed by atoms with Gasteiger partial charge in [-0.3, -0.25) is 0 Å². The van der Waals surface area contributed by atoms with Gasteiger partial charge in [0, 0.05) is 11.8 Å². The number of thioether (sulfide) groups is 1. The van der Waals surface area contributed by atoms with E-state index in [9.17, 15) is 9.59 Å². The quantitative estimate of drug-likeness (QED) is 0.699. The van der Waals surface area contributed by atoms with E-state index >= 15 is 0 Å². The maximum atomic E-state index is 11.6. The van der Waals surface area contributed by atoms with Crippen molar-refractivity contribution in [3.8, 4) is 0 Å². The SMILES string of the molecule is CCC[C@@H](NC(=O)NC1CCCSC1)C(=O)O. The predicted molar refractivity (Wildman–Crippen MR) is 68.3 cm³/mol. The van der Waals surface area contributed by atoms with Gasteiger partial charge in [-0.1, -0.05) is 13.3 Å². The molecule has 1 saturated heterocycles. The van der Waals surface area contributed by atoms with Crippen LogP contribution < -0.4 is 10.6 Å². The molecule has 1 fully saturated rings. The van der Waals surface area contributed by atoms with Crippen LogP contribution >= 0.6 is 11.8 Å². The Kier molecular flexibility index (Phi) is 6.18. The lowest BCUT2D eigenvalue weighted by Crippen LogP contribution is -2.50. The molecule has 0 spiro atoms. The van der Waals surface area contributed by atoms with Gasteiger partial charge in [0.25, 0.3) is 0 Å². The van der Waals surface area contributed by atoms with E-state index in [0.29, 0.717) is 6.42 Å². The van der Waals surface area contributed by atoms with Crippen LogP contribution in [0.1, 0.15) is 32.6 Å². The zero-order chi connectivity index (χ0) is 12.7. The topological polar surface area (TPSA) is 78.4 Å². The number of carbonyl (C=O) groups excluding carboxylic acids is 1. The van der Waals surface area contributed by atoms with E-state index in [4.69, 9.17) is 5.11 Å². The highest BCUT2D eigenvalue weighted by Gasteiger charge is 2.21. The van der Waals surface area contributed by atoms with Crippen molar-refractivity contribution < 1.29 is 14.7 Å². The number of nitrogens with one attached hydrogen (secondary N) is 2. The highest BCUT2D eigenvalue weighted by Crippen LogP contribution is 2.16. The molecule has 1 aliphatic heterocycles. The summed E-state index contributed by atoms with van der Waals surface area (Å²) in [4.78, 5) is 22.5. The molecule has 17 heavy (non-hydrogen) atoms. The van der Waals surface area contributed by atoms with Crippen molar-refractivity contribution in [2.75, 3.05) is 11.5 Å². The second-order valence-corrected chi connectivity index (χ2v) is 5.36. The van der Waals surface area contributed by atoms with Crippen molar-refractivity contribution in [2.45, 2.75) is 44.7 Å². The number of amides is 2. The van der Waals surface area contributed by atoms with Crippen molar-refractivity contribution >= 4 is 23.8 Å². The fourth-order valence-corrected chi connectivity index (χ4v) is 2.86. The average Bonchev–Trinajstić information content (AvgIpc) is 2.29. The van der Waals surface area contributed by atoms with Gasteiger partial charge < -0.3 is 15.7 Å². The number of rotatable bonds is 5. The predicted octanol–water partition coefficient (Wildman–Crippen LogP) is 1.43. The largest absolute Gasteiger partial charge is 0.480 e. The molecule has 0 aromatic heterocycles.